The van der Waals surface area contributed by atoms with E-state index in [9.17, 15) is 4.79 Å². The summed E-state index contributed by atoms with van der Waals surface area (Å²) in [5.74, 6) is 0.116. The third-order valence-corrected chi connectivity index (χ3v) is 3.27. The lowest BCUT2D eigenvalue weighted by Crippen LogP contribution is -2.10. The first kappa shape index (κ1) is 16.4. The summed E-state index contributed by atoms with van der Waals surface area (Å²) in [5.41, 5.74) is 8.41. The number of ether oxygens (including phenoxy) is 1. The molecule has 23 heavy (non-hydrogen) atoms. The van der Waals surface area contributed by atoms with Gasteiger partial charge in [0.05, 0.1) is 24.6 Å². The molecule has 0 aliphatic rings. The summed E-state index contributed by atoms with van der Waals surface area (Å²) in [4.78, 5) is 24.1. The zero-order valence-electron chi connectivity index (χ0n) is 13.1. The van der Waals surface area contributed by atoms with Crippen LogP contribution in [0.2, 0.25) is 0 Å². The van der Waals surface area contributed by atoms with E-state index >= 15 is 0 Å². The number of carbonyl (C=O) groups is 1. The van der Waals surface area contributed by atoms with Gasteiger partial charge in [0.2, 0.25) is 5.78 Å². The molecule has 0 spiro atoms. The maximum absolute atomic E-state index is 12.8. The Hall–Kier alpha value is -2.93. The van der Waals surface area contributed by atoms with Gasteiger partial charge in [-0.2, -0.15) is 0 Å². The molecule has 0 fully saturated rings. The quantitative estimate of drug-likeness (QED) is 0.634. The molecule has 7 heteroatoms. The summed E-state index contributed by atoms with van der Waals surface area (Å²) in [6.07, 6.45) is 4.85. The van der Waals surface area contributed by atoms with Gasteiger partial charge in [-0.05, 0) is 24.6 Å². The number of methoxy groups -OCH3 is 1. The number of nitrogens with two attached hydrogens (primary N) is 1. The predicted molar refractivity (Wildman–Crippen MR) is 87.6 cm³/mol. The summed E-state index contributed by atoms with van der Waals surface area (Å²) in [6.45, 7) is 1.87. The second kappa shape index (κ2) is 6.89. The number of H-pyrrole nitrogens is 1. The van der Waals surface area contributed by atoms with Crippen molar-refractivity contribution in [2.75, 3.05) is 20.0 Å². The standard InChI is InChI=1S/C15H14N4O2.CH4O/c1-8-5-10(16)13(18-6-8)14(20)12-9-3-4-17-15(9)19-7-11(12)21-2;1-2/h3-7H,16H2,1-2H3,(H,17,19);2H,1H3. The van der Waals surface area contributed by atoms with Crippen molar-refractivity contribution in [3.8, 4) is 5.75 Å². The van der Waals surface area contributed by atoms with Gasteiger partial charge in [-0.25, -0.2) is 4.98 Å². The normalized spacial score (nSPS) is 10.1. The fourth-order valence-corrected chi connectivity index (χ4v) is 2.28. The third-order valence-electron chi connectivity index (χ3n) is 3.27. The first-order chi connectivity index (χ1) is 11.1. The highest BCUT2D eigenvalue weighted by Crippen LogP contribution is 2.29. The number of aromatic amines is 1. The van der Waals surface area contributed by atoms with Crippen molar-refractivity contribution >= 4 is 22.5 Å². The molecule has 0 aromatic carbocycles. The highest BCUT2D eigenvalue weighted by Gasteiger charge is 2.22. The Balaban J connectivity index is 0.000000924. The van der Waals surface area contributed by atoms with Crippen molar-refractivity contribution < 1.29 is 14.6 Å². The molecule has 0 bridgehead atoms. The molecule has 0 saturated heterocycles. The van der Waals surface area contributed by atoms with Crippen LogP contribution in [0.25, 0.3) is 11.0 Å². The fraction of sp³-hybridized carbons (Fsp3) is 0.188. The Morgan fingerprint density at radius 1 is 1.30 bits per heavy atom. The van der Waals surface area contributed by atoms with Crippen molar-refractivity contribution in [2.45, 2.75) is 6.92 Å². The van der Waals surface area contributed by atoms with E-state index in [0.29, 0.717) is 28.0 Å². The van der Waals surface area contributed by atoms with Gasteiger partial charge in [-0.15, -0.1) is 0 Å². The van der Waals surface area contributed by atoms with Crippen LogP contribution in [0.4, 0.5) is 5.69 Å². The van der Waals surface area contributed by atoms with E-state index in [1.54, 1.807) is 24.5 Å². The molecular weight excluding hydrogens is 296 g/mol. The van der Waals surface area contributed by atoms with Gasteiger partial charge in [0.15, 0.2) is 0 Å². The molecule has 120 valence electrons. The van der Waals surface area contributed by atoms with Crippen molar-refractivity contribution in [2.24, 2.45) is 0 Å². The topological polar surface area (TPSA) is 114 Å². The number of ketones is 1. The van der Waals surface area contributed by atoms with E-state index in [-0.39, 0.29) is 11.5 Å². The second-order valence-electron chi connectivity index (χ2n) is 4.72. The van der Waals surface area contributed by atoms with Crippen LogP contribution in [-0.4, -0.2) is 40.1 Å². The number of rotatable bonds is 3. The lowest BCUT2D eigenvalue weighted by Gasteiger charge is -2.10. The fourth-order valence-electron chi connectivity index (χ4n) is 2.28. The number of aryl methyl sites for hydroxylation is 1. The minimum absolute atomic E-state index is 0.215. The zero-order chi connectivity index (χ0) is 17.0. The second-order valence-corrected chi connectivity index (χ2v) is 4.72. The lowest BCUT2D eigenvalue weighted by molar-refractivity contribution is 0.103. The number of pyridine rings is 2. The smallest absolute Gasteiger partial charge is 0.217 e. The summed E-state index contributed by atoms with van der Waals surface area (Å²) in [7, 11) is 2.50. The average Bonchev–Trinajstić information content (AvgIpc) is 3.03. The van der Waals surface area contributed by atoms with Crippen LogP contribution in [0.5, 0.6) is 5.75 Å². The third kappa shape index (κ3) is 3.00. The molecule has 3 aromatic heterocycles. The van der Waals surface area contributed by atoms with E-state index in [2.05, 4.69) is 15.0 Å². The summed E-state index contributed by atoms with van der Waals surface area (Å²) in [6, 6.07) is 3.50. The SMILES string of the molecule is CO.COc1cnc2[nH]ccc2c1C(=O)c1ncc(C)cc1N. The summed E-state index contributed by atoms with van der Waals surface area (Å²) >= 11 is 0. The van der Waals surface area contributed by atoms with Crippen molar-refractivity contribution in [1.82, 2.24) is 15.0 Å². The van der Waals surface area contributed by atoms with E-state index in [4.69, 9.17) is 15.6 Å². The van der Waals surface area contributed by atoms with Gasteiger partial charge in [-0.3, -0.25) is 9.78 Å². The Labute approximate surface area is 133 Å². The largest absolute Gasteiger partial charge is 0.494 e. The van der Waals surface area contributed by atoms with Crippen molar-refractivity contribution in [3.63, 3.8) is 0 Å². The van der Waals surface area contributed by atoms with Gasteiger partial charge in [0, 0.05) is 24.9 Å². The first-order valence-electron chi connectivity index (χ1n) is 6.83. The average molecular weight is 314 g/mol. The Morgan fingerprint density at radius 3 is 2.70 bits per heavy atom. The number of anilines is 1. The van der Waals surface area contributed by atoms with Crippen molar-refractivity contribution in [1.29, 1.82) is 0 Å². The number of hydrogen-bond donors (Lipinski definition) is 3. The Bertz CT molecular complexity index is 842. The number of hydrogen-bond acceptors (Lipinski definition) is 6. The molecule has 0 radical (unpaired) electrons. The van der Waals surface area contributed by atoms with Gasteiger partial charge in [0.25, 0.3) is 0 Å². The number of fused-ring (bicyclic) bond motifs is 1. The highest BCUT2D eigenvalue weighted by molar-refractivity contribution is 6.18. The minimum Gasteiger partial charge on any atom is -0.494 e. The number of nitrogens with one attached hydrogen (secondary N) is 1. The maximum atomic E-state index is 12.8. The van der Waals surface area contributed by atoms with Crippen LogP contribution in [0.1, 0.15) is 21.6 Å². The lowest BCUT2D eigenvalue weighted by atomic mass is 10.0. The molecule has 3 rings (SSSR count). The summed E-state index contributed by atoms with van der Waals surface area (Å²) in [5, 5.41) is 7.68. The van der Waals surface area contributed by atoms with Crippen LogP contribution in [0, 0.1) is 6.92 Å². The predicted octanol–water partition coefficient (Wildman–Crippen LogP) is 1.70. The molecule has 3 aromatic rings. The molecular formula is C16H18N4O3. The molecule has 0 aliphatic heterocycles. The number of carbonyl (C=O) groups excluding carboxylic acids is 1. The van der Waals surface area contributed by atoms with Crippen molar-refractivity contribution in [3.05, 3.63) is 47.5 Å². The van der Waals surface area contributed by atoms with Gasteiger partial charge in [0.1, 0.15) is 17.1 Å². The summed E-state index contributed by atoms with van der Waals surface area (Å²) < 4.78 is 5.26. The van der Waals surface area contributed by atoms with Crippen LogP contribution < -0.4 is 10.5 Å². The Kier molecular flexibility index (Phi) is 4.92. The molecule has 4 N–H and O–H groups in total. The van der Waals surface area contributed by atoms with E-state index in [0.717, 1.165) is 12.7 Å². The minimum atomic E-state index is -0.281. The van der Waals surface area contributed by atoms with Crippen LogP contribution in [0.3, 0.4) is 0 Å². The highest BCUT2D eigenvalue weighted by atomic mass is 16.5. The van der Waals surface area contributed by atoms with Crippen LogP contribution in [0.15, 0.2) is 30.7 Å². The first-order valence-corrected chi connectivity index (χ1v) is 6.83. The van der Waals surface area contributed by atoms with E-state index in [1.165, 1.54) is 13.3 Å². The van der Waals surface area contributed by atoms with E-state index in [1.807, 2.05) is 6.92 Å². The van der Waals surface area contributed by atoms with Gasteiger partial charge in [-0.1, -0.05) is 0 Å². The van der Waals surface area contributed by atoms with Crippen LogP contribution >= 0.6 is 0 Å². The monoisotopic (exact) mass is 314 g/mol. The number of aliphatic hydroxyl groups is 1. The number of aromatic nitrogens is 3. The number of aliphatic hydroxyl groups excluding tert-OH is 1. The maximum Gasteiger partial charge on any atom is 0.217 e. The molecule has 0 unspecified atom stereocenters. The van der Waals surface area contributed by atoms with Gasteiger partial charge >= 0.3 is 0 Å². The van der Waals surface area contributed by atoms with Crippen LogP contribution in [-0.2, 0) is 0 Å². The number of nitrogens with zero attached hydrogens (tertiary/aromatic N) is 2. The molecule has 3 heterocycles. The van der Waals surface area contributed by atoms with Gasteiger partial charge < -0.3 is 20.6 Å². The molecule has 0 amide bonds. The molecule has 0 atom stereocenters. The molecule has 7 nitrogen and oxygen atoms in total. The van der Waals surface area contributed by atoms with E-state index < -0.39 is 0 Å². The molecule has 0 aliphatic carbocycles. The number of nitrogen functional groups attached to an aromatic ring is 1. The Morgan fingerprint density at radius 2 is 2.04 bits per heavy atom. The molecule has 0 saturated carbocycles. The zero-order valence-corrected chi connectivity index (χ0v) is 13.1.